The van der Waals surface area contributed by atoms with E-state index >= 15 is 0 Å². The van der Waals surface area contributed by atoms with E-state index in [4.69, 9.17) is 4.74 Å². The summed E-state index contributed by atoms with van der Waals surface area (Å²) in [5.41, 5.74) is 0.677. The van der Waals surface area contributed by atoms with E-state index in [1.54, 1.807) is 12.1 Å². The van der Waals surface area contributed by atoms with Gasteiger partial charge in [0.15, 0.2) is 0 Å². The normalized spacial score (nSPS) is 23.1. The van der Waals surface area contributed by atoms with E-state index in [-0.39, 0.29) is 11.9 Å². The lowest BCUT2D eigenvalue weighted by Gasteiger charge is -2.15. The van der Waals surface area contributed by atoms with Crippen LogP contribution in [0.1, 0.15) is 18.1 Å². The van der Waals surface area contributed by atoms with Crippen molar-refractivity contribution in [1.82, 2.24) is 5.32 Å². The molecule has 0 amide bonds. The first-order valence-electron chi connectivity index (χ1n) is 4.94. The van der Waals surface area contributed by atoms with E-state index < -0.39 is 0 Å². The number of ether oxygens (including phenoxy) is 1. The van der Waals surface area contributed by atoms with Gasteiger partial charge in [-0.15, -0.1) is 0 Å². The summed E-state index contributed by atoms with van der Waals surface area (Å²) >= 11 is 0. The molecule has 1 aliphatic rings. The average molecular weight is 195 g/mol. The van der Waals surface area contributed by atoms with Crippen molar-refractivity contribution in [2.24, 2.45) is 0 Å². The third kappa shape index (κ3) is 2.11. The van der Waals surface area contributed by atoms with Crippen LogP contribution >= 0.6 is 0 Å². The summed E-state index contributed by atoms with van der Waals surface area (Å²) in [7, 11) is 0. The van der Waals surface area contributed by atoms with Gasteiger partial charge in [-0.05, 0) is 19.0 Å². The molecule has 1 aromatic rings. The van der Waals surface area contributed by atoms with Crippen LogP contribution < -0.4 is 5.32 Å². The van der Waals surface area contributed by atoms with Crippen molar-refractivity contribution < 1.29 is 9.13 Å². The van der Waals surface area contributed by atoms with Gasteiger partial charge in [0.2, 0.25) is 0 Å². The maximum atomic E-state index is 13.4. The number of rotatable bonds is 1. The summed E-state index contributed by atoms with van der Waals surface area (Å²) in [5.74, 6) is -0.167. The smallest absolute Gasteiger partial charge is 0.129 e. The zero-order valence-corrected chi connectivity index (χ0v) is 8.00. The van der Waals surface area contributed by atoms with Crippen LogP contribution in [0.5, 0.6) is 0 Å². The van der Waals surface area contributed by atoms with Gasteiger partial charge in [-0.2, -0.15) is 0 Å². The van der Waals surface area contributed by atoms with Crippen LogP contribution in [0.2, 0.25) is 0 Å². The number of hydrogen-bond donors (Lipinski definition) is 1. The lowest BCUT2D eigenvalue weighted by atomic mass is 10.1. The quantitative estimate of drug-likeness (QED) is 0.738. The molecule has 1 fully saturated rings. The highest BCUT2D eigenvalue weighted by molar-refractivity contribution is 5.20. The van der Waals surface area contributed by atoms with Crippen molar-refractivity contribution in [3.63, 3.8) is 0 Å². The maximum absolute atomic E-state index is 13.4. The molecule has 1 saturated heterocycles. The predicted octanol–water partition coefficient (Wildman–Crippen LogP) is 1.88. The first-order valence-corrected chi connectivity index (χ1v) is 4.94. The third-order valence-corrected chi connectivity index (χ3v) is 2.43. The molecule has 1 atom stereocenters. The molecular formula is C11H14FNO. The highest BCUT2D eigenvalue weighted by Gasteiger charge is 2.17. The first-order chi connectivity index (χ1) is 6.88. The SMILES string of the molecule is Fc1ccccc1C1CCNCCO1. The maximum Gasteiger partial charge on any atom is 0.129 e. The molecule has 1 aromatic carbocycles. The Bertz CT molecular complexity index is 295. The van der Waals surface area contributed by atoms with Crippen LogP contribution in [-0.2, 0) is 4.74 Å². The molecule has 2 nitrogen and oxygen atoms in total. The third-order valence-electron chi connectivity index (χ3n) is 2.43. The lowest BCUT2D eigenvalue weighted by Crippen LogP contribution is -2.16. The van der Waals surface area contributed by atoms with Crippen molar-refractivity contribution in [2.75, 3.05) is 19.7 Å². The van der Waals surface area contributed by atoms with Crippen molar-refractivity contribution in [3.05, 3.63) is 35.6 Å². The zero-order valence-electron chi connectivity index (χ0n) is 8.00. The van der Waals surface area contributed by atoms with Crippen LogP contribution in [0, 0.1) is 5.82 Å². The fourth-order valence-corrected chi connectivity index (χ4v) is 1.70. The molecule has 1 aliphatic heterocycles. The molecular weight excluding hydrogens is 181 g/mol. The minimum absolute atomic E-state index is 0.0915. The highest BCUT2D eigenvalue weighted by atomic mass is 19.1. The lowest BCUT2D eigenvalue weighted by molar-refractivity contribution is 0.0618. The van der Waals surface area contributed by atoms with Crippen LogP contribution in [0.4, 0.5) is 4.39 Å². The van der Waals surface area contributed by atoms with Crippen LogP contribution in [0.25, 0.3) is 0 Å². The van der Waals surface area contributed by atoms with E-state index in [0.717, 1.165) is 19.5 Å². The summed E-state index contributed by atoms with van der Waals surface area (Å²) in [6.45, 7) is 2.39. The Morgan fingerprint density at radius 2 is 2.14 bits per heavy atom. The second-order valence-electron chi connectivity index (χ2n) is 3.42. The molecule has 0 saturated carbocycles. The van der Waals surface area contributed by atoms with Gasteiger partial charge in [-0.3, -0.25) is 0 Å². The fourth-order valence-electron chi connectivity index (χ4n) is 1.70. The largest absolute Gasteiger partial charge is 0.372 e. The number of benzene rings is 1. The molecule has 1 unspecified atom stereocenters. The van der Waals surface area contributed by atoms with Crippen LogP contribution in [0.3, 0.4) is 0 Å². The number of hydrogen-bond acceptors (Lipinski definition) is 2. The minimum Gasteiger partial charge on any atom is -0.372 e. The summed E-state index contributed by atoms with van der Waals surface area (Å²) in [5, 5.41) is 3.22. The van der Waals surface area contributed by atoms with Gasteiger partial charge in [0, 0.05) is 12.1 Å². The predicted molar refractivity (Wildman–Crippen MR) is 52.6 cm³/mol. The van der Waals surface area contributed by atoms with Gasteiger partial charge >= 0.3 is 0 Å². The molecule has 0 aliphatic carbocycles. The van der Waals surface area contributed by atoms with Gasteiger partial charge in [-0.25, -0.2) is 4.39 Å². The van der Waals surface area contributed by atoms with Gasteiger partial charge in [0.1, 0.15) is 5.82 Å². The molecule has 2 rings (SSSR count). The fraction of sp³-hybridized carbons (Fsp3) is 0.455. The second kappa shape index (κ2) is 4.53. The highest BCUT2D eigenvalue weighted by Crippen LogP contribution is 2.24. The molecule has 14 heavy (non-hydrogen) atoms. The second-order valence-corrected chi connectivity index (χ2v) is 3.42. The van der Waals surface area contributed by atoms with Crippen LogP contribution in [-0.4, -0.2) is 19.7 Å². The Morgan fingerprint density at radius 1 is 1.29 bits per heavy atom. The van der Waals surface area contributed by atoms with Gasteiger partial charge < -0.3 is 10.1 Å². The van der Waals surface area contributed by atoms with E-state index in [2.05, 4.69) is 5.32 Å². The minimum atomic E-state index is -0.167. The Morgan fingerprint density at radius 3 is 3.00 bits per heavy atom. The van der Waals surface area contributed by atoms with Crippen molar-refractivity contribution in [1.29, 1.82) is 0 Å². The van der Waals surface area contributed by atoms with E-state index in [0.29, 0.717) is 12.2 Å². The molecule has 0 radical (unpaired) electrons. The van der Waals surface area contributed by atoms with Crippen LogP contribution in [0.15, 0.2) is 24.3 Å². The monoisotopic (exact) mass is 195 g/mol. The first kappa shape index (κ1) is 9.62. The van der Waals surface area contributed by atoms with Crippen molar-refractivity contribution >= 4 is 0 Å². The van der Waals surface area contributed by atoms with Crippen molar-refractivity contribution in [2.45, 2.75) is 12.5 Å². The number of nitrogens with one attached hydrogen (secondary N) is 1. The number of halogens is 1. The molecule has 0 spiro atoms. The van der Waals surface area contributed by atoms with E-state index in [1.165, 1.54) is 6.07 Å². The van der Waals surface area contributed by atoms with E-state index in [9.17, 15) is 4.39 Å². The molecule has 1 N–H and O–H groups in total. The molecule has 3 heteroatoms. The van der Waals surface area contributed by atoms with Crippen molar-refractivity contribution in [3.8, 4) is 0 Å². The van der Waals surface area contributed by atoms with Gasteiger partial charge in [0.05, 0.1) is 12.7 Å². The topological polar surface area (TPSA) is 21.3 Å². The van der Waals surface area contributed by atoms with Gasteiger partial charge in [-0.1, -0.05) is 18.2 Å². The average Bonchev–Trinajstić information content (AvgIpc) is 2.47. The summed E-state index contributed by atoms with van der Waals surface area (Å²) in [6, 6.07) is 6.83. The standard InChI is InChI=1S/C11H14FNO/c12-10-4-2-1-3-9(10)11-5-6-13-7-8-14-11/h1-4,11,13H,5-8H2. The van der Waals surface area contributed by atoms with Gasteiger partial charge in [0.25, 0.3) is 0 Å². The molecule has 0 aromatic heterocycles. The van der Waals surface area contributed by atoms with E-state index in [1.807, 2.05) is 6.07 Å². The Labute approximate surface area is 83.1 Å². The summed E-state index contributed by atoms with van der Waals surface area (Å²) < 4.78 is 19.0. The Balaban J connectivity index is 2.16. The molecule has 1 heterocycles. The molecule has 0 bridgehead atoms. The zero-order chi connectivity index (χ0) is 9.80. The Hall–Kier alpha value is -0.930. The summed E-state index contributed by atoms with van der Waals surface area (Å²) in [4.78, 5) is 0. The summed E-state index contributed by atoms with van der Waals surface area (Å²) in [6.07, 6.45) is 0.743. The Kier molecular flexibility index (Phi) is 3.11. The molecule has 76 valence electrons.